The van der Waals surface area contributed by atoms with Gasteiger partial charge in [-0.15, -0.1) is 0 Å². The monoisotopic (exact) mass is 590 g/mol. The molecule has 0 aromatic rings. The van der Waals surface area contributed by atoms with E-state index in [0.717, 1.165) is 44.9 Å². The van der Waals surface area contributed by atoms with Gasteiger partial charge in [0.1, 0.15) is 6.61 Å². The summed E-state index contributed by atoms with van der Waals surface area (Å²) in [5, 5.41) is 0. The molecular formula is C31H59O8P. The third-order valence-electron chi connectivity index (χ3n) is 6.78. The van der Waals surface area contributed by atoms with Crippen molar-refractivity contribution in [3.8, 4) is 0 Å². The van der Waals surface area contributed by atoms with Crippen LogP contribution in [0.3, 0.4) is 0 Å². The number of carbonyl (C=O) groups excluding carboxylic acids is 2. The van der Waals surface area contributed by atoms with E-state index >= 15 is 0 Å². The molecule has 0 saturated heterocycles. The molecular weight excluding hydrogens is 531 g/mol. The number of hydrogen-bond donors (Lipinski definition) is 2. The van der Waals surface area contributed by atoms with Crippen molar-refractivity contribution in [2.24, 2.45) is 0 Å². The Morgan fingerprint density at radius 3 is 1.55 bits per heavy atom. The van der Waals surface area contributed by atoms with Crippen LogP contribution in [-0.2, 0) is 28.2 Å². The number of phosphoric ester groups is 1. The summed E-state index contributed by atoms with van der Waals surface area (Å²) in [5.41, 5.74) is 0. The lowest BCUT2D eigenvalue weighted by molar-refractivity contribution is -0.161. The molecule has 0 aromatic carbocycles. The summed E-state index contributed by atoms with van der Waals surface area (Å²) in [5.74, 6) is -0.905. The fourth-order valence-electron chi connectivity index (χ4n) is 4.37. The first-order chi connectivity index (χ1) is 19.3. The minimum absolute atomic E-state index is 0.195. The van der Waals surface area contributed by atoms with Crippen molar-refractivity contribution >= 4 is 19.8 Å². The van der Waals surface area contributed by atoms with E-state index in [9.17, 15) is 14.2 Å². The van der Waals surface area contributed by atoms with Crippen LogP contribution in [0, 0.1) is 0 Å². The predicted octanol–water partition coefficient (Wildman–Crippen LogP) is 8.73. The molecule has 1 atom stereocenters. The molecule has 0 spiro atoms. The quantitative estimate of drug-likeness (QED) is 0.0384. The van der Waals surface area contributed by atoms with E-state index in [1.807, 2.05) is 0 Å². The molecule has 0 aromatic heterocycles. The molecule has 0 saturated carbocycles. The van der Waals surface area contributed by atoms with Gasteiger partial charge in [-0.2, -0.15) is 0 Å². The minimum Gasteiger partial charge on any atom is -0.462 e. The largest absolute Gasteiger partial charge is 0.469 e. The van der Waals surface area contributed by atoms with Crippen molar-refractivity contribution in [2.45, 2.75) is 161 Å². The summed E-state index contributed by atoms with van der Waals surface area (Å²) in [6.07, 6.45) is 26.6. The topological polar surface area (TPSA) is 119 Å². The highest BCUT2D eigenvalue weighted by atomic mass is 31.2. The highest BCUT2D eigenvalue weighted by molar-refractivity contribution is 7.46. The first kappa shape index (κ1) is 38.8. The Bertz CT molecular complexity index is 676. The van der Waals surface area contributed by atoms with Gasteiger partial charge in [0.15, 0.2) is 6.10 Å². The summed E-state index contributed by atoms with van der Waals surface area (Å²) in [6, 6.07) is 0. The average molecular weight is 591 g/mol. The molecule has 8 nitrogen and oxygen atoms in total. The van der Waals surface area contributed by atoms with E-state index < -0.39 is 32.5 Å². The van der Waals surface area contributed by atoms with Gasteiger partial charge in [0.25, 0.3) is 0 Å². The Kier molecular flexibility index (Phi) is 27.1. The van der Waals surface area contributed by atoms with E-state index in [1.54, 1.807) is 0 Å². The van der Waals surface area contributed by atoms with E-state index in [0.29, 0.717) is 6.42 Å². The highest BCUT2D eigenvalue weighted by Crippen LogP contribution is 2.35. The predicted molar refractivity (Wildman–Crippen MR) is 161 cm³/mol. The van der Waals surface area contributed by atoms with E-state index in [1.165, 1.54) is 77.0 Å². The van der Waals surface area contributed by atoms with Crippen LogP contribution >= 0.6 is 7.82 Å². The third-order valence-corrected chi connectivity index (χ3v) is 7.27. The number of carbonyl (C=O) groups is 2. The zero-order valence-corrected chi connectivity index (χ0v) is 26.4. The van der Waals surface area contributed by atoms with Crippen molar-refractivity contribution in [3.63, 3.8) is 0 Å². The summed E-state index contributed by atoms with van der Waals surface area (Å²) in [4.78, 5) is 42.3. The van der Waals surface area contributed by atoms with Gasteiger partial charge in [0.05, 0.1) is 6.61 Å². The Morgan fingerprint density at radius 2 is 1.05 bits per heavy atom. The molecule has 40 heavy (non-hydrogen) atoms. The van der Waals surface area contributed by atoms with Crippen molar-refractivity contribution in [3.05, 3.63) is 12.2 Å². The molecule has 0 radical (unpaired) electrons. The molecule has 0 aliphatic carbocycles. The minimum atomic E-state index is -4.74. The fraction of sp³-hybridized carbons (Fsp3) is 0.871. The van der Waals surface area contributed by atoms with Gasteiger partial charge in [-0.3, -0.25) is 14.1 Å². The summed E-state index contributed by atoms with van der Waals surface area (Å²) in [7, 11) is -4.74. The standard InChI is InChI=1S/C31H59O8P/c1-3-5-7-9-11-13-14-15-16-18-20-22-24-26-31(33)39-29(28-38-40(34,35)36)27-37-30(32)25-23-21-19-17-12-10-8-6-4-2/h15-16,29H,3-14,17-28H2,1-2H3,(H2,34,35,36)/b16-15+/t29-/m1/s1. The van der Waals surface area contributed by atoms with Crippen LogP contribution in [-0.4, -0.2) is 41.0 Å². The second kappa shape index (κ2) is 27.9. The van der Waals surface area contributed by atoms with Crippen LogP contribution < -0.4 is 0 Å². The van der Waals surface area contributed by atoms with E-state index in [2.05, 4.69) is 30.5 Å². The molecule has 0 fully saturated rings. The van der Waals surface area contributed by atoms with Crippen molar-refractivity contribution in [1.82, 2.24) is 0 Å². The normalized spacial score (nSPS) is 12.6. The zero-order chi connectivity index (χ0) is 29.7. The van der Waals surface area contributed by atoms with Gasteiger partial charge >= 0.3 is 19.8 Å². The molecule has 0 unspecified atom stereocenters. The number of phosphoric acid groups is 1. The van der Waals surface area contributed by atoms with Gasteiger partial charge < -0.3 is 19.3 Å². The summed E-state index contributed by atoms with van der Waals surface area (Å²) in [6.45, 7) is 3.61. The van der Waals surface area contributed by atoms with Crippen molar-refractivity contribution in [1.29, 1.82) is 0 Å². The smallest absolute Gasteiger partial charge is 0.462 e. The first-order valence-electron chi connectivity index (χ1n) is 16.0. The number of ether oxygens (including phenoxy) is 2. The van der Waals surface area contributed by atoms with Crippen LogP contribution in [0.2, 0.25) is 0 Å². The lowest BCUT2D eigenvalue weighted by Crippen LogP contribution is -2.29. The second-order valence-electron chi connectivity index (χ2n) is 10.8. The maximum Gasteiger partial charge on any atom is 0.469 e. The fourth-order valence-corrected chi connectivity index (χ4v) is 4.73. The van der Waals surface area contributed by atoms with Crippen LogP contribution in [0.1, 0.15) is 155 Å². The number of hydrogen-bond acceptors (Lipinski definition) is 6. The first-order valence-corrected chi connectivity index (χ1v) is 17.5. The number of esters is 2. The molecule has 236 valence electrons. The molecule has 0 rings (SSSR count). The molecule has 0 heterocycles. The molecule has 0 bridgehead atoms. The number of unbranched alkanes of at least 4 members (excludes halogenated alkanes) is 17. The highest BCUT2D eigenvalue weighted by Gasteiger charge is 2.22. The van der Waals surface area contributed by atoms with Crippen LogP contribution in [0.5, 0.6) is 0 Å². The number of rotatable bonds is 29. The molecule has 0 aliphatic rings. The third kappa shape index (κ3) is 29.8. The Morgan fingerprint density at radius 1 is 0.625 bits per heavy atom. The van der Waals surface area contributed by atoms with E-state index in [-0.39, 0.29) is 19.4 Å². The maximum atomic E-state index is 12.3. The van der Waals surface area contributed by atoms with Gasteiger partial charge in [0.2, 0.25) is 0 Å². The SMILES string of the molecule is CCCCCCCC/C=C/CCCCCC(=O)O[C@H](COC(=O)CCCCCCCCCCC)COP(=O)(O)O. The average Bonchev–Trinajstić information content (AvgIpc) is 2.91. The van der Waals surface area contributed by atoms with Gasteiger partial charge in [-0.1, -0.05) is 116 Å². The van der Waals surface area contributed by atoms with Crippen LogP contribution in [0.15, 0.2) is 12.2 Å². The van der Waals surface area contributed by atoms with Crippen LogP contribution in [0.25, 0.3) is 0 Å². The van der Waals surface area contributed by atoms with Crippen molar-refractivity contribution < 1.29 is 37.9 Å². The van der Waals surface area contributed by atoms with Gasteiger partial charge in [-0.25, -0.2) is 4.57 Å². The van der Waals surface area contributed by atoms with Gasteiger partial charge in [-0.05, 0) is 38.5 Å². The summed E-state index contributed by atoms with van der Waals surface area (Å²) < 4.78 is 26.1. The zero-order valence-electron chi connectivity index (χ0n) is 25.5. The molecule has 0 amide bonds. The lowest BCUT2D eigenvalue weighted by atomic mass is 10.1. The van der Waals surface area contributed by atoms with Crippen molar-refractivity contribution in [2.75, 3.05) is 13.2 Å². The number of allylic oxidation sites excluding steroid dienone is 2. The van der Waals surface area contributed by atoms with Gasteiger partial charge in [0, 0.05) is 12.8 Å². The Labute approximate surface area is 244 Å². The van der Waals surface area contributed by atoms with Crippen LogP contribution in [0.4, 0.5) is 0 Å². The lowest BCUT2D eigenvalue weighted by Gasteiger charge is -2.18. The Hall–Kier alpha value is -1.21. The molecule has 9 heteroatoms. The summed E-state index contributed by atoms with van der Waals surface area (Å²) >= 11 is 0. The van der Waals surface area contributed by atoms with E-state index in [4.69, 9.17) is 19.3 Å². The second-order valence-corrected chi connectivity index (χ2v) is 12.0. The molecule has 0 aliphatic heterocycles. The Balaban J connectivity index is 4.06. The molecule has 2 N–H and O–H groups in total. The maximum absolute atomic E-state index is 12.3.